The number of nitro benzene ring substituents is 1. The van der Waals surface area contributed by atoms with Crippen molar-refractivity contribution in [3.8, 4) is 11.1 Å². The number of carbonyl (C=O) groups is 1. The summed E-state index contributed by atoms with van der Waals surface area (Å²) in [6.07, 6.45) is 1.83. The average molecular weight is 896 g/mol. The van der Waals surface area contributed by atoms with E-state index >= 15 is 0 Å². The minimum absolute atomic E-state index is 0.0201. The molecular formula is C45H47ClN8O6S2. The van der Waals surface area contributed by atoms with Crippen molar-refractivity contribution in [2.24, 2.45) is 0 Å². The second-order valence-electron chi connectivity index (χ2n) is 15.1. The van der Waals surface area contributed by atoms with Crippen LogP contribution in [0, 0.1) is 10.1 Å². The number of nitro groups is 1. The van der Waals surface area contributed by atoms with E-state index < -0.39 is 31.5 Å². The van der Waals surface area contributed by atoms with Gasteiger partial charge in [-0.2, -0.15) is 0 Å². The first kappa shape index (κ1) is 44.3. The van der Waals surface area contributed by atoms with Gasteiger partial charge in [-0.05, 0) is 92.3 Å². The molecule has 1 aliphatic rings. The molecule has 6 aromatic rings. The predicted octanol–water partition coefficient (Wildman–Crippen LogP) is 8.29. The van der Waals surface area contributed by atoms with Crippen molar-refractivity contribution in [1.82, 2.24) is 19.8 Å². The summed E-state index contributed by atoms with van der Waals surface area (Å²) in [7, 11) is 0.437. The molecule has 2 heterocycles. The quantitative estimate of drug-likeness (QED) is 0.0390. The summed E-state index contributed by atoms with van der Waals surface area (Å²) >= 11 is 7.99. The number of benzene rings is 5. The summed E-state index contributed by atoms with van der Waals surface area (Å²) in [6, 6.07) is 33.2. The Morgan fingerprint density at radius 1 is 0.952 bits per heavy atom. The monoisotopic (exact) mass is 894 g/mol. The molecule has 1 aromatic heterocycles. The number of fused-ring (bicyclic) bond motifs is 1. The number of carbonyl (C=O) groups excluding carboxylic acids is 1. The zero-order valence-corrected chi connectivity index (χ0v) is 36.9. The first-order chi connectivity index (χ1) is 29.9. The number of esters is 1. The highest BCUT2D eigenvalue weighted by atomic mass is 35.5. The number of nitrogens with zero attached hydrogens (tertiary/aromatic N) is 6. The SMILES string of the molecule is COC(=O)c1cc(S(=O)(=O)Nc2ncnc3cc(N4CCN(Cc5cc(Cl)ccc5-c5ccccc5)CC4)ccc23)cc([N+](=O)[O-])c1N[C@H](CCN(C)C)CSc1ccccc1. The molecule has 14 nitrogen and oxygen atoms in total. The van der Waals surface area contributed by atoms with Crippen LogP contribution in [0.1, 0.15) is 22.3 Å². The Balaban J connectivity index is 1.09. The molecule has 2 N–H and O–H groups in total. The molecule has 1 atom stereocenters. The maximum Gasteiger partial charge on any atom is 0.340 e. The Morgan fingerprint density at radius 2 is 1.68 bits per heavy atom. The van der Waals surface area contributed by atoms with E-state index in [2.05, 4.69) is 48.0 Å². The van der Waals surface area contributed by atoms with Crippen molar-refractivity contribution in [1.29, 1.82) is 0 Å². The van der Waals surface area contributed by atoms with Gasteiger partial charge >= 0.3 is 5.97 Å². The van der Waals surface area contributed by atoms with Gasteiger partial charge in [0.25, 0.3) is 15.7 Å². The predicted molar refractivity (Wildman–Crippen MR) is 247 cm³/mol. The van der Waals surface area contributed by atoms with Crippen molar-refractivity contribution in [3.63, 3.8) is 0 Å². The number of hydrogen-bond donors (Lipinski definition) is 2. The van der Waals surface area contributed by atoms with E-state index in [1.807, 2.05) is 91.8 Å². The maximum atomic E-state index is 14.1. The van der Waals surface area contributed by atoms with Gasteiger partial charge in [0.15, 0.2) is 5.82 Å². The van der Waals surface area contributed by atoms with Gasteiger partial charge in [0.2, 0.25) is 0 Å². The van der Waals surface area contributed by atoms with Gasteiger partial charge in [0, 0.05) is 71.6 Å². The van der Waals surface area contributed by atoms with Crippen LogP contribution in [0.3, 0.4) is 0 Å². The summed E-state index contributed by atoms with van der Waals surface area (Å²) in [5.74, 6) is -0.444. The highest BCUT2D eigenvalue weighted by molar-refractivity contribution is 7.99. The minimum atomic E-state index is -4.54. The molecule has 0 amide bonds. The normalized spacial score (nSPS) is 13.9. The van der Waals surface area contributed by atoms with Gasteiger partial charge in [-0.25, -0.2) is 23.2 Å². The Kier molecular flexibility index (Phi) is 14.2. The molecule has 5 aromatic carbocycles. The summed E-state index contributed by atoms with van der Waals surface area (Å²) in [4.78, 5) is 41.0. The number of thioether (sulfide) groups is 1. The van der Waals surface area contributed by atoms with Crippen LogP contribution < -0.4 is 14.9 Å². The third-order valence-electron chi connectivity index (χ3n) is 10.6. The number of ether oxygens (including phenoxy) is 1. The lowest BCUT2D eigenvalue weighted by molar-refractivity contribution is -0.384. The van der Waals surface area contributed by atoms with E-state index in [0.717, 1.165) is 79.2 Å². The number of methoxy groups -OCH3 is 1. The molecule has 0 bridgehead atoms. The summed E-state index contributed by atoms with van der Waals surface area (Å²) in [5.41, 5.74) is 3.88. The van der Waals surface area contributed by atoms with Crippen molar-refractivity contribution in [2.45, 2.75) is 28.8 Å². The fourth-order valence-corrected chi connectivity index (χ4v) is 9.62. The molecule has 1 aliphatic heterocycles. The molecule has 0 radical (unpaired) electrons. The van der Waals surface area contributed by atoms with Crippen LogP contribution >= 0.6 is 23.4 Å². The molecule has 62 heavy (non-hydrogen) atoms. The Morgan fingerprint density at radius 3 is 2.37 bits per heavy atom. The molecule has 1 fully saturated rings. The van der Waals surface area contributed by atoms with Gasteiger partial charge in [-0.15, -0.1) is 11.8 Å². The van der Waals surface area contributed by atoms with Crippen LogP contribution in [-0.2, 0) is 21.3 Å². The number of nitrogens with one attached hydrogen (secondary N) is 2. The number of aromatic nitrogens is 2. The molecule has 17 heteroatoms. The van der Waals surface area contributed by atoms with Crippen molar-refractivity contribution >= 4 is 73.1 Å². The van der Waals surface area contributed by atoms with Gasteiger partial charge in [0.05, 0.1) is 28.0 Å². The fourth-order valence-electron chi connectivity index (χ4n) is 7.36. The van der Waals surface area contributed by atoms with E-state index in [0.29, 0.717) is 34.6 Å². The van der Waals surface area contributed by atoms with Gasteiger partial charge in [-0.3, -0.25) is 19.7 Å². The molecule has 1 saturated heterocycles. The second kappa shape index (κ2) is 19.9. The largest absolute Gasteiger partial charge is 0.465 e. The molecule has 0 saturated carbocycles. The number of hydrogen-bond acceptors (Lipinski definition) is 13. The average Bonchev–Trinajstić information content (AvgIpc) is 3.27. The molecule has 322 valence electrons. The van der Waals surface area contributed by atoms with E-state index in [9.17, 15) is 23.3 Å². The van der Waals surface area contributed by atoms with Crippen LogP contribution in [0.2, 0.25) is 5.02 Å². The minimum Gasteiger partial charge on any atom is -0.465 e. The molecule has 0 unspecified atom stereocenters. The zero-order valence-electron chi connectivity index (χ0n) is 34.5. The van der Waals surface area contributed by atoms with Crippen LogP contribution in [0.25, 0.3) is 22.0 Å². The van der Waals surface area contributed by atoms with Crippen molar-refractivity contribution < 1.29 is 22.9 Å². The highest BCUT2D eigenvalue weighted by Gasteiger charge is 2.31. The van der Waals surface area contributed by atoms with Crippen molar-refractivity contribution in [2.75, 3.05) is 74.6 Å². The number of halogens is 1. The Hall–Kier alpha value is -5.78. The fraction of sp³-hybridized carbons (Fsp3) is 0.267. The maximum absolute atomic E-state index is 14.1. The standard InChI is InChI=1S/C45H47ClN8O6S2/c1-51(2)19-18-34(29-61-36-12-8-5-9-13-36)49-43-40(45(55)60-3)26-37(27-42(43)54(56)57)62(58,59)50-44-39-17-15-35(25-41(39)47-30-48-44)53-22-20-52(21-23-53)28-32-24-33(46)14-16-38(32)31-10-6-4-7-11-31/h4-17,24-27,30,34,49H,18-23,28-29H2,1-3H3,(H,47,48,50)/t34-/m1/s1. The second-order valence-corrected chi connectivity index (χ2v) is 18.3. The van der Waals surface area contributed by atoms with E-state index in [1.165, 1.54) is 6.33 Å². The molecular weight excluding hydrogens is 848 g/mol. The van der Waals surface area contributed by atoms with Crippen LogP contribution in [0.5, 0.6) is 0 Å². The smallest absolute Gasteiger partial charge is 0.340 e. The first-order valence-electron chi connectivity index (χ1n) is 20.0. The van der Waals surface area contributed by atoms with Crippen LogP contribution in [0.15, 0.2) is 125 Å². The van der Waals surface area contributed by atoms with Gasteiger partial charge < -0.3 is 19.9 Å². The van der Waals surface area contributed by atoms with E-state index in [-0.39, 0.29) is 23.1 Å². The third kappa shape index (κ3) is 10.8. The molecule has 0 spiro atoms. The van der Waals surface area contributed by atoms with E-state index in [1.54, 1.807) is 17.8 Å². The number of piperazine rings is 1. The number of sulfonamides is 1. The lowest BCUT2D eigenvalue weighted by Crippen LogP contribution is -2.46. The summed E-state index contributed by atoms with van der Waals surface area (Å²) in [5, 5.41) is 17.0. The molecule has 0 aliphatic carbocycles. The zero-order chi connectivity index (χ0) is 43.8. The highest BCUT2D eigenvalue weighted by Crippen LogP contribution is 2.36. The number of anilines is 3. The lowest BCUT2D eigenvalue weighted by Gasteiger charge is -2.36. The number of rotatable bonds is 17. The van der Waals surface area contributed by atoms with Crippen LogP contribution in [-0.4, -0.2) is 105 Å². The first-order valence-corrected chi connectivity index (χ1v) is 22.8. The van der Waals surface area contributed by atoms with E-state index in [4.69, 9.17) is 16.3 Å². The summed E-state index contributed by atoms with van der Waals surface area (Å²) in [6.45, 7) is 4.53. The third-order valence-corrected chi connectivity index (χ3v) is 13.3. The van der Waals surface area contributed by atoms with Crippen molar-refractivity contribution in [3.05, 3.63) is 142 Å². The topological polar surface area (TPSA) is 163 Å². The van der Waals surface area contributed by atoms with Crippen LogP contribution in [0.4, 0.5) is 22.9 Å². The summed E-state index contributed by atoms with van der Waals surface area (Å²) < 4.78 is 35.6. The lowest BCUT2D eigenvalue weighted by atomic mass is 9.99. The Labute approximate surface area is 370 Å². The molecule has 7 rings (SSSR count). The van der Waals surface area contributed by atoms with Gasteiger partial charge in [0.1, 0.15) is 12.0 Å². The Bertz CT molecular complexity index is 2650. The van der Waals surface area contributed by atoms with Gasteiger partial charge in [-0.1, -0.05) is 66.2 Å².